The van der Waals surface area contributed by atoms with Gasteiger partial charge < -0.3 is 15.5 Å². The van der Waals surface area contributed by atoms with Gasteiger partial charge in [-0.05, 0) is 37.9 Å². The van der Waals surface area contributed by atoms with Gasteiger partial charge in [0.2, 0.25) is 5.91 Å². The quantitative estimate of drug-likeness (QED) is 0.697. The molecule has 122 valence electrons. The topological polar surface area (TPSA) is 85.7 Å². The maximum atomic E-state index is 12.3. The molecule has 2 rings (SSSR count). The second-order valence-electron chi connectivity index (χ2n) is 5.97. The third-order valence-corrected chi connectivity index (χ3v) is 4.11. The van der Waals surface area contributed by atoms with E-state index in [-0.39, 0.29) is 18.4 Å². The highest BCUT2D eigenvalue weighted by Gasteiger charge is 2.28. The lowest BCUT2D eigenvalue weighted by Gasteiger charge is -2.33. The van der Waals surface area contributed by atoms with Crippen molar-refractivity contribution in [1.82, 2.24) is 15.2 Å². The van der Waals surface area contributed by atoms with Crippen LogP contribution < -0.4 is 5.32 Å². The summed E-state index contributed by atoms with van der Waals surface area (Å²) >= 11 is 0. The molecule has 1 aliphatic heterocycles. The van der Waals surface area contributed by atoms with Crippen molar-refractivity contribution in [3.05, 3.63) is 30.1 Å². The third kappa shape index (κ3) is 4.76. The number of carbonyl (C=O) groups is 1. The molecule has 0 bridgehead atoms. The number of rotatable bonds is 6. The van der Waals surface area contributed by atoms with Gasteiger partial charge >= 0.3 is 0 Å². The number of aliphatic hydroxyl groups is 2. The van der Waals surface area contributed by atoms with E-state index in [0.29, 0.717) is 6.54 Å². The highest BCUT2D eigenvalue weighted by molar-refractivity contribution is 5.79. The summed E-state index contributed by atoms with van der Waals surface area (Å²) in [7, 11) is 0. The number of hydrogen-bond acceptors (Lipinski definition) is 5. The second kappa shape index (κ2) is 8.22. The van der Waals surface area contributed by atoms with E-state index in [1.807, 2.05) is 18.3 Å². The van der Waals surface area contributed by atoms with E-state index in [4.69, 9.17) is 0 Å². The Kier molecular flexibility index (Phi) is 6.30. The first-order chi connectivity index (χ1) is 10.6. The zero-order chi connectivity index (χ0) is 15.9. The lowest BCUT2D eigenvalue weighted by atomic mass is 9.96. The number of piperidine rings is 1. The Hall–Kier alpha value is -1.50. The number of carbonyl (C=O) groups excluding carboxylic acids is 1. The van der Waals surface area contributed by atoms with Crippen molar-refractivity contribution < 1.29 is 15.0 Å². The van der Waals surface area contributed by atoms with Crippen LogP contribution in [-0.4, -0.2) is 57.8 Å². The predicted molar refractivity (Wildman–Crippen MR) is 82.9 cm³/mol. The number of pyridine rings is 1. The van der Waals surface area contributed by atoms with E-state index in [0.717, 1.165) is 31.5 Å². The van der Waals surface area contributed by atoms with Crippen molar-refractivity contribution in [3.8, 4) is 0 Å². The minimum absolute atomic E-state index is 0.0872. The largest absolute Gasteiger partial charge is 0.394 e. The first-order valence-electron chi connectivity index (χ1n) is 7.80. The van der Waals surface area contributed by atoms with Crippen molar-refractivity contribution in [2.75, 3.05) is 19.7 Å². The van der Waals surface area contributed by atoms with Crippen LogP contribution in [0.3, 0.4) is 0 Å². The number of nitrogens with one attached hydrogen (secondary N) is 1. The summed E-state index contributed by atoms with van der Waals surface area (Å²) in [6.07, 6.45) is 4.65. The van der Waals surface area contributed by atoms with Gasteiger partial charge in [-0.3, -0.25) is 14.7 Å². The van der Waals surface area contributed by atoms with Crippen molar-refractivity contribution >= 4 is 5.91 Å². The molecule has 1 saturated heterocycles. The lowest BCUT2D eigenvalue weighted by molar-refractivity contribution is -0.128. The summed E-state index contributed by atoms with van der Waals surface area (Å²) in [4.78, 5) is 18.7. The minimum atomic E-state index is -0.760. The molecule has 1 amide bonds. The summed E-state index contributed by atoms with van der Waals surface area (Å²) in [5.74, 6) is -0.186. The fourth-order valence-corrected chi connectivity index (χ4v) is 2.78. The molecule has 3 atom stereocenters. The van der Waals surface area contributed by atoms with Crippen LogP contribution >= 0.6 is 0 Å². The van der Waals surface area contributed by atoms with E-state index >= 15 is 0 Å². The summed E-state index contributed by atoms with van der Waals surface area (Å²) in [6.45, 7) is 3.76. The fraction of sp³-hybridized carbons (Fsp3) is 0.625. The van der Waals surface area contributed by atoms with Crippen LogP contribution in [0.5, 0.6) is 0 Å². The third-order valence-electron chi connectivity index (χ3n) is 4.11. The average Bonchev–Trinajstić information content (AvgIpc) is 2.53. The van der Waals surface area contributed by atoms with Gasteiger partial charge in [-0.25, -0.2) is 0 Å². The van der Waals surface area contributed by atoms with Crippen LogP contribution in [0.15, 0.2) is 24.5 Å². The van der Waals surface area contributed by atoms with Crippen LogP contribution in [0.4, 0.5) is 0 Å². The monoisotopic (exact) mass is 307 g/mol. The van der Waals surface area contributed by atoms with Crippen LogP contribution in [-0.2, 0) is 11.3 Å². The van der Waals surface area contributed by atoms with Gasteiger partial charge in [-0.15, -0.1) is 0 Å². The molecule has 0 saturated carbocycles. The molecule has 6 nitrogen and oxygen atoms in total. The molecular weight excluding hydrogens is 282 g/mol. The summed E-state index contributed by atoms with van der Waals surface area (Å²) < 4.78 is 0. The number of hydrogen-bond donors (Lipinski definition) is 3. The molecule has 0 aromatic carbocycles. The van der Waals surface area contributed by atoms with Crippen LogP contribution in [0.25, 0.3) is 0 Å². The molecule has 0 aliphatic carbocycles. The van der Waals surface area contributed by atoms with E-state index < -0.39 is 12.1 Å². The van der Waals surface area contributed by atoms with E-state index in [2.05, 4.69) is 15.2 Å². The maximum absolute atomic E-state index is 12.3. The Labute approximate surface area is 131 Å². The Morgan fingerprint density at radius 3 is 3.05 bits per heavy atom. The van der Waals surface area contributed by atoms with Gasteiger partial charge in [0.25, 0.3) is 0 Å². The Morgan fingerprint density at radius 2 is 2.41 bits per heavy atom. The van der Waals surface area contributed by atoms with E-state index in [9.17, 15) is 15.0 Å². The molecule has 1 aromatic heterocycles. The molecule has 0 radical (unpaired) electrons. The average molecular weight is 307 g/mol. The summed E-state index contributed by atoms with van der Waals surface area (Å²) in [5.41, 5.74) is 1.14. The SMILES string of the molecule is C[C@@H](O)[C@@H](CO)NC(=O)C1CCCN(Cc2cccnc2)C1. The highest BCUT2D eigenvalue weighted by Crippen LogP contribution is 2.19. The van der Waals surface area contributed by atoms with Gasteiger partial charge in [0.05, 0.1) is 24.7 Å². The Bertz CT molecular complexity index is 467. The highest BCUT2D eigenvalue weighted by atomic mass is 16.3. The van der Waals surface area contributed by atoms with Gasteiger partial charge in [-0.2, -0.15) is 0 Å². The fourth-order valence-electron chi connectivity index (χ4n) is 2.78. The summed E-state index contributed by atoms with van der Waals surface area (Å²) in [5, 5.41) is 21.5. The predicted octanol–water partition coefficient (Wildman–Crippen LogP) is 0.151. The normalized spacial score (nSPS) is 22.0. The number of aromatic nitrogens is 1. The van der Waals surface area contributed by atoms with Crippen LogP contribution in [0.2, 0.25) is 0 Å². The zero-order valence-corrected chi connectivity index (χ0v) is 13.0. The molecule has 1 unspecified atom stereocenters. The van der Waals surface area contributed by atoms with Crippen LogP contribution in [0.1, 0.15) is 25.3 Å². The summed E-state index contributed by atoms with van der Waals surface area (Å²) in [6, 6.07) is 3.35. The van der Waals surface area contributed by atoms with Gasteiger partial charge in [0, 0.05) is 25.5 Å². The molecule has 2 heterocycles. The molecule has 1 fully saturated rings. The Balaban J connectivity index is 1.88. The number of aliphatic hydroxyl groups excluding tert-OH is 2. The first-order valence-corrected chi connectivity index (χ1v) is 7.80. The zero-order valence-electron chi connectivity index (χ0n) is 13.0. The number of nitrogens with zero attached hydrogens (tertiary/aromatic N) is 2. The van der Waals surface area contributed by atoms with E-state index in [1.54, 1.807) is 13.1 Å². The molecule has 1 aliphatic rings. The minimum Gasteiger partial charge on any atom is -0.394 e. The standard InChI is InChI=1S/C16H25N3O3/c1-12(21)15(11-20)18-16(22)14-5-3-7-19(10-14)9-13-4-2-6-17-8-13/h2,4,6,8,12,14-15,20-21H,3,5,7,9-11H2,1H3,(H,18,22)/t12-,14?,15-/m1/s1. The second-order valence-corrected chi connectivity index (χ2v) is 5.97. The van der Waals surface area contributed by atoms with Crippen molar-refractivity contribution in [3.63, 3.8) is 0 Å². The number of amides is 1. The Morgan fingerprint density at radius 1 is 1.59 bits per heavy atom. The number of likely N-dealkylation sites (tertiary alicyclic amines) is 1. The van der Waals surface area contributed by atoms with E-state index in [1.165, 1.54) is 0 Å². The molecule has 3 N–H and O–H groups in total. The van der Waals surface area contributed by atoms with Crippen molar-refractivity contribution in [2.24, 2.45) is 5.92 Å². The molecular formula is C16H25N3O3. The van der Waals surface area contributed by atoms with Gasteiger partial charge in [-0.1, -0.05) is 6.07 Å². The lowest BCUT2D eigenvalue weighted by Crippen LogP contribution is -2.50. The molecule has 0 spiro atoms. The van der Waals surface area contributed by atoms with Crippen molar-refractivity contribution in [1.29, 1.82) is 0 Å². The van der Waals surface area contributed by atoms with Gasteiger partial charge in [0.15, 0.2) is 0 Å². The smallest absolute Gasteiger partial charge is 0.224 e. The maximum Gasteiger partial charge on any atom is 0.224 e. The van der Waals surface area contributed by atoms with Crippen LogP contribution in [0, 0.1) is 5.92 Å². The molecule has 6 heteroatoms. The van der Waals surface area contributed by atoms with Crippen molar-refractivity contribution in [2.45, 2.75) is 38.5 Å². The molecule has 1 aromatic rings. The van der Waals surface area contributed by atoms with Gasteiger partial charge in [0.1, 0.15) is 0 Å². The first kappa shape index (κ1) is 16.9. The molecule has 22 heavy (non-hydrogen) atoms.